The zero-order chi connectivity index (χ0) is 17.9. The van der Waals surface area contributed by atoms with Crippen LogP contribution in [0.1, 0.15) is 49.5 Å². The molecule has 3 heterocycles. The maximum Gasteiger partial charge on any atom is 0.228 e. The Kier molecular flexibility index (Phi) is 5.02. The number of fused-ring (bicyclic) bond motifs is 1. The summed E-state index contributed by atoms with van der Waals surface area (Å²) in [5.74, 6) is 1.54. The Morgan fingerprint density at radius 3 is 2.96 bits per heavy atom. The first-order valence-electron chi connectivity index (χ1n) is 9.66. The second-order valence-electron chi connectivity index (χ2n) is 7.22. The van der Waals surface area contributed by atoms with Crippen molar-refractivity contribution in [3.05, 3.63) is 47.6 Å². The molecule has 0 radical (unpaired) electrons. The highest BCUT2D eigenvalue weighted by Gasteiger charge is 2.46. The lowest BCUT2D eigenvalue weighted by Gasteiger charge is -2.24. The minimum atomic E-state index is 0.0663. The molecule has 2 aromatic rings. The van der Waals surface area contributed by atoms with E-state index in [9.17, 15) is 4.79 Å². The van der Waals surface area contributed by atoms with E-state index >= 15 is 0 Å². The SMILES string of the molecule is CCc1noc(CCNC(=O)[C@@H]2C[C@H](c3ccccc3)N3CCC[C@@H]23)n1. The molecule has 2 aliphatic rings. The summed E-state index contributed by atoms with van der Waals surface area (Å²) in [4.78, 5) is 19.6. The van der Waals surface area contributed by atoms with Gasteiger partial charge < -0.3 is 9.84 Å². The van der Waals surface area contributed by atoms with Crippen molar-refractivity contribution in [1.82, 2.24) is 20.4 Å². The molecule has 2 fully saturated rings. The highest BCUT2D eigenvalue weighted by atomic mass is 16.5. The van der Waals surface area contributed by atoms with Crippen molar-refractivity contribution in [2.75, 3.05) is 13.1 Å². The molecule has 0 saturated carbocycles. The highest BCUT2D eigenvalue weighted by Crippen LogP contribution is 2.44. The van der Waals surface area contributed by atoms with Crippen molar-refractivity contribution < 1.29 is 9.32 Å². The quantitative estimate of drug-likeness (QED) is 0.863. The van der Waals surface area contributed by atoms with Crippen molar-refractivity contribution in [3.63, 3.8) is 0 Å². The van der Waals surface area contributed by atoms with Crippen LogP contribution in [0, 0.1) is 5.92 Å². The molecule has 0 unspecified atom stereocenters. The molecule has 1 N–H and O–H groups in total. The summed E-state index contributed by atoms with van der Waals surface area (Å²) in [5.41, 5.74) is 1.33. The lowest BCUT2D eigenvalue weighted by molar-refractivity contribution is -0.125. The Morgan fingerprint density at radius 2 is 2.19 bits per heavy atom. The van der Waals surface area contributed by atoms with Crippen LogP contribution in [0.15, 0.2) is 34.9 Å². The molecular weight excluding hydrogens is 328 g/mol. The Labute approximate surface area is 154 Å². The molecule has 0 aliphatic carbocycles. The molecular formula is C20H26N4O2. The van der Waals surface area contributed by atoms with E-state index in [1.165, 1.54) is 12.0 Å². The van der Waals surface area contributed by atoms with Crippen LogP contribution in [0.25, 0.3) is 0 Å². The maximum absolute atomic E-state index is 12.8. The first kappa shape index (κ1) is 17.2. The lowest BCUT2D eigenvalue weighted by Crippen LogP contribution is -2.38. The molecule has 6 heteroatoms. The first-order valence-corrected chi connectivity index (χ1v) is 9.66. The molecule has 2 aliphatic heterocycles. The van der Waals surface area contributed by atoms with Crippen molar-refractivity contribution in [2.24, 2.45) is 5.92 Å². The number of hydrogen-bond donors (Lipinski definition) is 1. The molecule has 6 nitrogen and oxygen atoms in total. The summed E-state index contributed by atoms with van der Waals surface area (Å²) >= 11 is 0. The van der Waals surface area contributed by atoms with E-state index in [1.54, 1.807) is 0 Å². The third-order valence-electron chi connectivity index (χ3n) is 5.67. The topological polar surface area (TPSA) is 71.3 Å². The van der Waals surface area contributed by atoms with Gasteiger partial charge in [-0.2, -0.15) is 4.98 Å². The van der Waals surface area contributed by atoms with Crippen LogP contribution in [-0.4, -0.2) is 40.1 Å². The summed E-state index contributed by atoms with van der Waals surface area (Å²) < 4.78 is 5.19. The molecule has 1 amide bonds. The van der Waals surface area contributed by atoms with E-state index in [1.807, 2.05) is 13.0 Å². The Balaban J connectivity index is 1.36. The Hall–Kier alpha value is -2.21. The van der Waals surface area contributed by atoms with E-state index < -0.39 is 0 Å². The number of aryl methyl sites for hydroxylation is 1. The first-order chi connectivity index (χ1) is 12.8. The minimum absolute atomic E-state index is 0.0663. The fraction of sp³-hybridized carbons (Fsp3) is 0.550. The number of benzene rings is 1. The number of carbonyl (C=O) groups is 1. The van der Waals surface area contributed by atoms with Crippen molar-refractivity contribution in [1.29, 1.82) is 0 Å². The van der Waals surface area contributed by atoms with Crippen LogP contribution in [0.4, 0.5) is 0 Å². The van der Waals surface area contributed by atoms with Gasteiger partial charge in [-0.1, -0.05) is 42.4 Å². The van der Waals surface area contributed by atoms with Gasteiger partial charge in [0.15, 0.2) is 5.82 Å². The fourth-order valence-electron chi connectivity index (χ4n) is 4.41. The van der Waals surface area contributed by atoms with Gasteiger partial charge in [-0.25, -0.2) is 0 Å². The molecule has 26 heavy (non-hydrogen) atoms. The molecule has 1 aromatic heterocycles. The summed E-state index contributed by atoms with van der Waals surface area (Å²) in [6.45, 7) is 3.63. The number of aromatic nitrogens is 2. The molecule has 1 aromatic carbocycles. The Morgan fingerprint density at radius 1 is 1.35 bits per heavy atom. The summed E-state index contributed by atoms with van der Waals surface area (Å²) in [5, 5.41) is 6.98. The van der Waals surface area contributed by atoms with Gasteiger partial charge in [0.1, 0.15) is 0 Å². The lowest BCUT2D eigenvalue weighted by atomic mass is 9.93. The van der Waals surface area contributed by atoms with E-state index in [4.69, 9.17) is 4.52 Å². The number of hydrogen-bond acceptors (Lipinski definition) is 5. The van der Waals surface area contributed by atoms with Gasteiger partial charge in [-0.05, 0) is 31.4 Å². The second kappa shape index (κ2) is 7.58. The number of nitrogens with one attached hydrogen (secondary N) is 1. The number of carbonyl (C=O) groups excluding carboxylic acids is 1. The van der Waals surface area contributed by atoms with Crippen LogP contribution in [0.3, 0.4) is 0 Å². The molecule has 4 rings (SSSR count). The second-order valence-corrected chi connectivity index (χ2v) is 7.22. The van der Waals surface area contributed by atoms with Crippen molar-refractivity contribution >= 4 is 5.91 Å². The predicted octanol–water partition coefficient (Wildman–Crippen LogP) is 2.52. The third kappa shape index (κ3) is 3.38. The van der Waals surface area contributed by atoms with E-state index in [-0.39, 0.29) is 11.8 Å². The number of amides is 1. The predicted molar refractivity (Wildman–Crippen MR) is 97.4 cm³/mol. The van der Waals surface area contributed by atoms with Crippen LogP contribution in [-0.2, 0) is 17.6 Å². The van der Waals surface area contributed by atoms with Crippen molar-refractivity contribution in [2.45, 2.75) is 51.1 Å². The van der Waals surface area contributed by atoms with Gasteiger partial charge in [0.25, 0.3) is 0 Å². The van der Waals surface area contributed by atoms with Crippen molar-refractivity contribution in [3.8, 4) is 0 Å². The number of nitrogens with zero attached hydrogens (tertiary/aromatic N) is 3. The van der Waals surface area contributed by atoms with E-state index in [0.717, 1.165) is 31.6 Å². The van der Waals surface area contributed by atoms with Gasteiger partial charge in [0.05, 0.1) is 5.92 Å². The minimum Gasteiger partial charge on any atom is -0.355 e. The zero-order valence-corrected chi connectivity index (χ0v) is 15.2. The summed E-state index contributed by atoms with van der Waals surface area (Å²) in [7, 11) is 0. The summed E-state index contributed by atoms with van der Waals surface area (Å²) in [6.07, 6.45) is 4.55. The fourth-order valence-corrected chi connectivity index (χ4v) is 4.41. The summed E-state index contributed by atoms with van der Waals surface area (Å²) in [6, 6.07) is 11.3. The van der Waals surface area contributed by atoms with Crippen LogP contribution in [0.5, 0.6) is 0 Å². The van der Waals surface area contributed by atoms with Crippen LogP contribution in [0.2, 0.25) is 0 Å². The average Bonchev–Trinajstić information content (AvgIpc) is 3.38. The van der Waals surface area contributed by atoms with E-state index in [2.05, 4.69) is 44.6 Å². The molecule has 138 valence electrons. The molecule has 0 bridgehead atoms. The van der Waals surface area contributed by atoms with Gasteiger partial charge in [0.2, 0.25) is 11.8 Å². The third-order valence-corrected chi connectivity index (χ3v) is 5.67. The number of rotatable bonds is 6. The smallest absolute Gasteiger partial charge is 0.228 e. The normalized spacial score (nSPS) is 25.3. The molecule has 0 spiro atoms. The van der Waals surface area contributed by atoms with E-state index in [0.29, 0.717) is 30.9 Å². The highest BCUT2D eigenvalue weighted by molar-refractivity contribution is 5.80. The van der Waals surface area contributed by atoms with Crippen LogP contribution >= 0.6 is 0 Å². The average molecular weight is 354 g/mol. The van der Waals surface area contributed by atoms with Gasteiger partial charge in [0, 0.05) is 31.5 Å². The largest absolute Gasteiger partial charge is 0.355 e. The monoisotopic (exact) mass is 354 g/mol. The zero-order valence-electron chi connectivity index (χ0n) is 15.2. The van der Waals surface area contributed by atoms with Gasteiger partial charge in [-0.15, -0.1) is 0 Å². The van der Waals surface area contributed by atoms with Crippen LogP contribution < -0.4 is 5.32 Å². The molecule has 2 saturated heterocycles. The molecule has 3 atom stereocenters. The Bertz CT molecular complexity index is 745. The standard InChI is InChI=1S/C20H26N4O2/c1-2-18-22-19(26-23-18)10-11-21-20(25)15-13-17(14-7-4-3-5-8-14)24-12-6-9-16(15)24/h3-5,7-8,15-17H,2,6,9-13H2,1H3,(H,21,25)/t15-,16+,17-/m1/s1. The van der Waals surface area contributed by atoms with Gasteiger partial charge in [-0.3, -0.25) is 9.69 Å². The van der Waals surface area contributed by atoms with Gasteiger partial charge >= 0.3 is 0 Å². The maximum atomic E-state index is 12.8.